The van der Waals surface area contributed by atoms with Gasteiger partial charge < -0.3 is 5.11 Å². The molecule has 0 saturated heterocycles. The second-order valence-corrected chi connectivity index (χ2v) is 3.48. The maximum atomic E-state index is 9.59. The number of rotatable bonds is 6. The summed E-state index contributed by atoms with van der Waals surface area (Å²) in [6.45, 7) is 2.13. The first kappa shape index (κ1) is 11.5. The third-order valence-electron chi connectivity index (χ3n) is 1.74. The monoisotopic (exact) mass is 198 g/mol. The van der Waals surface area contributed by atoms with Crippen LogP contribution in [0.15, 0.2) is 0 Å². The van der Waals surface area contributed by atoms with Crippen molar-refractivity contribution in [3.05, 3.63) is 0 Å². The number of unbranched alkanes of at least 4 members (excludes halogenated alkanes) is 2. The van der Waals surface area contributed by atoms with Gasteiger partial charge in [0.2, 0.25) is 0 Å². The summed E-state index contributed by atoms with van der Waals surface area (Å²) in [5.74, 6) is 0.473. The van der Waals surface area contributed by atoms with Gasteiger partial charge in [-0.25, -0.2) is 0 Å². The van der Waals surface area contributed by atoms with Gasteiger partial charge in [0.1, 0.15) is 0 Å². The molecule has 0 aromatic carbocycles. The fraction of sp³-hybridized carbons (Fsp3) is 1.00. The molecule has 0 rings (SSSR count). The summed E-state index contributed by atoms with van der Waals surface area (Å²) in [4.78, 5) is 0. The van der Waals surface area contributed by atoms with Gasteiger partial charge in [-0.1, -0.05) is 26.2 Å². The molecule has 0 heterocycles. The summed E-state index contributed by atoms with van der Waals surface area (Å²) < 4.78 is 0. The van der Waals surface area contributed by atoms with Crippen LogP contribution in [0.1, 0.15) is 32.6 Å². The lowest BCUT2D eigenvalue weighted by Crippen LogP contribution is -2.32. The first-order valence-corrected chi connectivity index (χ1v) is 5.09. The van der Waals surface area contributed by atoms with E-state index in [0.29, 0.717) is 6.42 Å². The highest BCUT2D eigenvalue weighted by molar-refractivity contribution is 6.21. The zero-order valence-corrected chi connectivity index (χ0v) is 8.46. The van der Waals surface area contributed by atoms with Gasteiger partial charge in [-0.3, -0.25) is 0 Å². The van der Waals surface area contributed by atoms with Crippen LogP contribution in [-0.2, 0) is 0 Å². The first-order chi connectivity index (χ1) is 5.18. The highest BCUT2D eigenvalue weighted by Gasteiger charge is 2.23. The average Bonchev–Trinajstić information content (AvgIpc) is 2.05. The summed E-state index contributed by atoms with van der Waals surface area (Å²) in [5, 5.41) is 9.59. The van der Waals surface area contributed by atoms with Crippen molar-refractivity contribution in [2.24, 2.45) is 0 Å². The van der Waals surface area contributed by atoms with E-state index in [1.165, 1.54) is 0 Å². The molecule has 0 aliphatic carbocycles. The zero-order chi connectivity index (χ0) is 8.74. The molecule has 0 aliphatic rings. The molecule has 0 aromatic heterocycles. The van der Waals surface area contributed by atoms with E-state index in [1.807, 2.05) is 0 Å². The van der Waals surface area contributed by atoms with Crippen molar-refractivity contribution in [1.29, 1.82) is 0 Å². The molecule has 0 fully saturated rings. The molecule has 11 heavy (non-hydrogen) atoms. The molecule has 0 radical (unpaired) electrons. The van der Waals surface area contributed by atoms with Gasteiger partial charge in [0.05, 0.1) is 17.4 Å². The topological polar surface area (TPSA) is 20.2 Å². The lowest BCUT2D eigenvalue weighted by molar-refractivity contribution is 0.0753. The maximum Gasteiger partial charge on any atom is 0.0917 e. The molecule has 0 aliphatic heterocycles. The van der Waals surface area contributed by atoms with E-state index in [-0.39, 0.29) is 11.8 Å². The Bertz CT molecular complexity index is 92.1. The van der Waals surface area contributed by atoms with Crippen molar-refractivity contribution in [1.82, 2.24) is 0 Å². The van der Waals surface area contributed by atoms with Crippen LogP contribution >= 0.6 is 23.2 Å². The Morgan fingerprint density at radius 1 is 1.18 bits per heavy atom. The van der Waals surface area contributed by atoms with Gasteiger partial charge in [-0.15, -0.1) is 23.2 Å². The molecule has 0 amide bonds. The number of halogens is 2. The van der Waals surface area contributed by atoms with Crippen LogP contribution in [0.4, 0.5) is 0 Å². The predicted molar refractivity (Wildman–Crippen MR) is 50.5 cm³/mol. The normalized spacial score (nSPS) is 12.0. The van der Waals surface area contributed by atoms with Crippen LogP contribution in [0.2, 0.25) is 0 Å². The molecule has 0 bridgehead atoms. The van der Waals surface area contributed by atoms with E-state index in [4.69, 9.17) is 23.2 Å². The lowest BCUT2D eigenvalue weighted by Gasteiger charge is -2.22. The smallest absolute Gasteiger partial charge is 0.0917 e. The molecule has 1 N–H and O–H groups in total. The summed E-state index contributed by atoms with van der Waals surface area (Å²) in [6, 6.07) is 0. The molecule has 68 valence electrons. The second kappa shape index (κ2) is 6.10. The molecular weight excluding hydrogens is 183 g/mol. The molecule has 1 nitrogen and oxygen atoms in total. The van der Waals surface area contributed by atoms with Crippen LogP contribution in [0.25, 0.3) is 0 Å². The third kappa shape index (κ3) is 4.89. The summed E-state index contributed by atoms with van der Waals surface area (Å²) in [5.41, 5.74) is -0.835. The minimum atomic E-state index is -0.835. The van der Waals surface area contributed by atoms with Crippen molar-refractivity contribution in [2.75, 3.05) is 11.8 Å². The fourth-order valence-corrected chi connectivity index (χ4v) is 1.43. The van der Waals surface area contributed by atoms with Crippen molar-refractivity contribution >= 4 is 23.2 Å². The van der Waals surface area contributed by atoms with E-state index in [1.54, 1.807) is 0 Å². The minimum absolute atomic E-state index is 0.236. The quantitative estimate of drug-likeness (QED) is 0.515. The van der Waals surface area contributed by atoms with E-state index in [0.717, 1.165) is 19.3 Å². The highest BCUT2D eigenvalue weighted by Crippen LogP contribution is 2.18. The average molecular weight is 199 g/mol. The molecule has 3 heteroatoms. The van der Waals surface area contributed by atoms with E-state index < -0.39 is 5.60 Å². The predicted octanol–water partition coefficient (Wildman–Crippen LogP) is 2.78. The van der Waals surface area contributed by atoms with Crippen LogP contribution in [0.3, 0.4) is 0 Å². The largest absolute Gasteiger partial charge is 0.387 e. The van der Waals surface area contributed by atoms with Crippen LogP contribution in [0.5, 0.6) is 0 Å². The van der Waals surface area contributed by atoms with Crippen molar-refractivity contribution in [3.63, 3.8) is 0 Å². The standard InChI is InChI=1S/C8H16Cl2O/c1-2-3-4-5-8(11,6-9)7-10/h11H,2-7H2,1H3. The van der Waals surface area contributed by atoms with Gasteiger partial charge in [0, 0.05) is 0 Å². The Hall–Kier alpha value is 0.540. The molecule has 0 atom stereocenters. The zero-order valence-electron chi connectivity index (χ0n) is 6.95. The Balaban J connectivity index is 3.51. The number of hydrogen-bond acceptors (Lipinski definition) is 1. The molecule has 0 saturated carbocycles. The summed E-state index contributed by atoms with van der Waals surface area (Å²) in [7, 11) is 0. The van der Waals surface area contributed by atoms with Gasteiger partial charge in [0.25, 0.3) is 0 Å². The minimum Gasteiger partial charge on any atom is -0.387 e. The van der Waals surface area contributed by atoms with Crippen molar-refractivity contribution in [2.45, 2.75) is 38.2 Å². The maximum absolute atomic E-state index is 9.59. The highest BCUT2D eigenvalue weighted by atomic mass is 35.5. The van der Waals surface area contributed by atoms with E-state index in [9.17, 15) is 5.11 Å². The summed E-state index contributed by atoms with van der Waals surface area (Å²) in [6.07, 6.45) is 4.01. The molecule has 0 unspecified atom stereocenters. The Labute approximate surface area is 78.7 Å². The number of alkyl halides is 2. The molecule has 0 aromatic rings. The third-order valence-corrected chi connectivity index (χ3v) is 2.74. The van der Waals surface area contributed by atoms with E-state index >= 15 is 0 Å². The Morgan fingerprint density at radius 3 is 2.09 bits per heavy atom. The summed E-state index contributed by atoms with van der Waals surface area (Å²) >= 11 is 11.1. The lowest BCUT2D eigenvalue weighted by atomic mass is 10.0. The van der Waals surface area contributed by atoms with Gasteiger partial charge >= 0.3 is 0 Å². The van der Waals surface area contributed by atoms with Crippen molar-refractivity contribution in [3.8, 4) is 0 Å². The van der Waals surface area contributed by atoms with Crippen LogP contribution in [-0.4, -0.2) is 22.5 Å². The van der Waals surface area contributed by atoms with Crippen LogP contribution < -0.4 is 0 Å². The van der Waals surface area contributed by atoms with E-state index in [2.05, 4.69) is 6.92 Å². The van der Waals surface area contributed by atoms with Gasteiger partial charge in [-0.2, -0.15) is 0 Å². The number of hydrogen-bond donors (Lipinski definition) is 1. The second-order valence-electron chi connectivity index (χ2n) is 2.95. The molecular formula is C8H16Cl2O. The van der Waals surface area contributed by atoms with Crippen LogP contribution in [0, 0.1) is 0 Å². The van der Waals surface area contributed by atoms with Crippen molar-refractivity contribution < 1.29 is 5.11 Å². The Morgan fingerprint density at radius 2 is 1.73 bits per heavy atom. The van der Waals surface area contributed by atoms with Gasteiger partial charge in [0.15, 0.2) is 0 Å². The molecule has 0 spiro atoms. The Kier molecular flexibility index (Phi) is 6.40. The van der Waals surface area contributed by atoms with Gasteiger partial charge in [-0.05, 0) is 6.42 Å². The first-order valence-electron chi connectivity index (χ1n) is 4.03. The SMILES string of the molecule is CCCCCC(O)(CCl)CCl. The number of aliphatic hydroxyl groups is 1. The fourth-order valence-electron chi connectivity index (χ4n) is 0.873.